The molecule has 0 aromatic rings. The van der Waals surface area contributed by atoms with E-state index in [1.165, 1.54) is 0 Å². The Morgan fingerprint density at radius 3 is 2.00 bits per heavy atom. The van der Waals surface area contributed by atoms with Crippen LogP contribution in [-0.4, -0.2) is 30.7 Å². The van der Waals surface area contributed by atoms with Gasteiger partial charge in [-0.1, -0.05) is 48.5 Å². The molecule has 18 heavy (non-hydrogen) atoms. The summed E-state index contributed by atoms with van der Waals surface area (Å²) in [6.07, 6.45) is 1.69. The third-order valence-electron chi connectivity index (χ3n) is 2.48. The molecule has 0 saturated heterocycles. The third kappa shape index (κ3) is 9.32. The van der Waals surface area contributed by atoms with Crippen molar-refractivity contribution in [2.45, 2.75) is 61.3 Å². The van der Waals surface area contributed by atoms with Gasteiger partial charge in [-0.3, -0.25) is 0 Å². The van der Waals surface area contributed by atoms with E-state index in [9.17, 15) is 4.79 Å². The van der Waals surface area contributed by atoms with Crippen molar-refractivity contribution in [1.29, 1.82) is 0 Å². The quantitative estimate of drug-likeness (QED) is 0.734. The first-order valence-electron chi connectivity index (χ1n) is 6.97. The minimum Gasteiger partial charge on any atom is -0.449 e. The Labute approximate surface area is 113 Å². The van der Waals surface area contributed by atoms with Crippen molar-refractivity contribution in [1.82, 2.24) is 4.90 Å². The van der Waals surface area contributed by atoms with Crippen molar-refractivity contribution in [3.8, 4) is 0 Å². The fraction of sp³-hybridized carbons (Fsp3) is 0.933. The monoisotopic (exact) mass is 257 g/mol. The van der Waals surface area contributed by atoms with Crippen molar-refractivity contribution in [2.24, 2.45) is 10.8 Å². The molecular formula is C15H31NO2. The molecule has 0 heterocycles. The lowest BCUT2D eigenvalue weighted by Gasteiger charge is -2.31. The molecule has 0 radical (unpaired) electrons. The molecule has 0 unspecified atom stereocenters. The van der Waals surface area contributed by atoms with Gasteiger partial charge in [0.2, 0.25) is 0 Å². The maximum atomic E-state index is 12.0. The lowest BCUT2D eigenvalue weighted by molar-refractivity contribution is 0.0842. The first kappa shape index (κ1) is 17.3. The van der Waals surface area contributed by atoms with Crippen molar-refractivity contribution in [2.75, 3.05) is 19.7 Å². The van der Waals surface area contributed by atoms with Gasteiger partial charge < -0.3 is 9.64 Å². The zero-order valence-corrected chi connectivity index (χ0v) is 13.3. The summed E-state index contributed by atoms with van der Waals surface area (Å²) in [5, 5.41) is 0. The van der Waals surface area contributed by atoms with Crippen molar-refractivity contribution >= 4 is 6.09 Å². The molecule has 0 bridgehead atoms. The topological polar surface area (TPSA) is 29.5 Å². The normalized spacial score (nSPS) is 12.4. The molecule has 0 aliphatic heterocycles. The highest BCUT2D eigenvalue weighted by molar-refractivity contribution is 5.67. The second-order valence-corrected chi connectivity index (χ2v) is 7.41. The molecule has 0 rings (SSSR count). The average molecular weight is 257 g/mol. The van der Waals surface area contributed by atoms with Crippen LogP contribution < -0.4 is 0 Å². The summed E-state index contributed by atoms with van der Waals surface area (Å²) in [6, 6.07) is 0. The van der Waals surface area contributed by atoms with Crippen LogP contribution >= 0.6 is 0 Å². The second-order valence-electron chi connectivity index (χ2n) is 7.41. The Bertz CT molecular complexity index is 248. The molecule has 0 aliphatic carbocycles. The van der Waals surface area contributed by atoms with E-state index in [1.807, 2.05) is 11.8 Å². The number of hydrogen-bond donors (Lipinski definition) is 0. The molecule has 108 valence electrons. The van der Waals surface area contributed by atoms with Crippen LogP contribution in [0.5, 0.6) is 0 Å². The van der Waals surface area contributed by atoms with Gasteiger partial charge in [-0.25, -0.2) is 4.79 Å². The van der Waals surface area contributed by atoms with E-state index in [-0.39, 0.29) is 16.9 Å². The fourth-order valence-electron chi connectivity index (χ4n) is 1.56. The summed E-state index contributed by atoms with van der Waals surface area (Å²) < 4.78 is 5.25. The number of carbonyl (C=O) groups is 1. The SMILES string of the molecule is CCCOC(=O)N(CCC(C)(C)C)CC(C)(C)C. The maximum Gasteiger partial charge on any atom is 0.409 e. The molecule has 0 N–H and O–H groups in total. The molecule has 0 spiro atoms. The number of carbonyl (C=O) groups excluding carboxylic acids is 1. The Balaban J connectivity index is 4.47. The fourth-order valence-corrected chi connectivity index (χ4v) is 1.56. The summed E-state index contributed by atoms with van der Waals surface area (Å²) in [4.78, 5) is 13.8. The highest BCUT2D eigenvalue weighted by atomic mass is 16.6. The molecule has 1 amide bonds. The summed E-state index contributed by atoms with van der Waals surface area (Å²) in [6.45, 7) is 17.0. The lowest BCUT2D eigenvalue weighted by atomic mass is 9.91. The predicted molar refractivity (Wildman–Crippen MR) is 76.7 cm³/mol. The number of rotatable bonds is 5. The minimum absolute atomic E-state index is 0.100. The van der Waals surface area contributed by atoms with E-state index < -0.39 is 0 Å². The van der Waals surface area contributed by atoms with E-state index >= 15 is 0 Å². The van der Waals surface area contributed by atoms with Crippen LogP contribution in [0.2, 0.25) is 0 Å². The second kappa shape index (κ2) is 7.01. The first-order chi connectivity index (χ1) is 8.05. The Morgan fingerprint density at radius 1 is 1.06 bits per heavy atom. The highest BCUT2D eigenvalue weighted by Crippen LogP contribution is 2.22. The van der Waals surface area contributed by atoms with Crippen molar-refractivity contribution in [3.63, 3.8) is 0 Å². The Hall–Kier alpha value is -0.730. The maximum absolute atomic E-state index is 12.0. The van der Waals surface area contributed by atoms with E-state index in [4.69, 9.17) is 4.74 Å². The molecule has 0 saturated carbocycles. The van der Waals surface area contributed by atoms with Crippen LogP contribution in [0.1, 0.15) is 61.3 Å². The summed E-state index contributed by atoms with van der Waals surface area (Å²) in [5.74, 6) is 0. The largest absolute Gasteiger partial charge is 0.449 e. The average Bonchev–Trinajstić information content (AvgIpc) is 2.17. The summed E-state index contributed by atoms with van der Waals surface area (Å²) in [7, 11) is 0. The van der Waals surface area contributed by atoms with Crippen LogP contribution in [0.3, 0.4) is 0 Å². The van der Waals surface area contributed by atoms with E-state index in [1.54, 1.807) is 0 Å². The zero-order chi connectivity index (χ0) is 14.4. The molecular weight excluding hydrogens is 226 g/mol. The first-order valence-corrected chi connectivity index (χ1v) is 6.97. The molecule has 3 nitrogen and oxygen atoms in total. The smallest absolute Gasteiger partial charge is 0.409 e. The van der Waals surface area contributed by atoms with Gasteiger partial charge in [0.05, 0.1) is 6.61 Å². The molecule has 0 aromatic carbocycles. The molecule has 0 aromatic heterocycles. The Kier molecular flexibility index (Phi) is 6.72. The van der Waals surface area contributed by atoms with E-state index in [2.05, 4.69) is 41.5 Å². The van der Waals surface area contributed by atoms with Crippen LogP contribution in [0.15, 0.2) is 0 Å². The van der Waals surface area contributed by atoms with Gasteiger partial charge in [0.1, 0.15) is 0 Å². The van der Waals surface area contributed by atoms with Crippen molar-refractivity contribution in [3.05, 3.63) is 0 Å². The van der Waals surface area contributed by atoms with Gasteiger partial charge in [-0.2, -0.15) is 0 Å². The van der Waals surface area contributed by atoms with Crippen LogP contribution in [-0.2, 0) is 4.74 Å². The zero-order valence-electron chi connectivity index (χ0n) is 13.3. The molecule has 0 aliphatic rings. The molecule has 0 atom stereocenters. The lowest BCUT2D eigenvalue weighted by Crippen LogP contribution is -2.40. The van der Waals surface area contributed by atoms with Gasteiger partial charge >= 0.3 is 6.09 Å². The molecule has 3 heteroatoms. The number of hydrogen-bond acceptors (Lipinski definition) is 2. The van der Waals surface area contributed by atoms with Crippen LogP contribution in [0, 0.1) is 10.8 Å². The van der Waals surface area contributed by atoms with Crippen LogP contribution in [0.4, 0.5) is 4.79 Å². The highest BCUT2D eigenvalue weighted by Gasteiger charge is 2.23. The number of amides is 1. The van der Waals surface area contributed by atoms with Gasteiger partial charge in [0, 0.05) is 13.1 Å². The molecule has 0 fully saturated rings. The summed E-state index contributed by atoms with van der Waals surface area (Å²) >= 11 is 0. The standard InChI is InChI=1S/C15H31NO2/c1-8-11-18-13(17)16(12-15(5,6)7)10-9-14(2,3)4/h8-12H2,1-7H3. The van der Waals surface area contributed by atoms with Gasteiger partial charge in [0.25, 0.3) is 0 Å². The van der Waals surface area contributed by atoms with E-state index in [0.29, 0.717) is 6.61 Å². The van der Waals surface area contributed by atoms with Gasteiger partial charge in [0.15, 0.2) is 0 Å². The van der Waals surface area contributed by atoms with Crippen LogP contribution in [0.25, 0.3) is 0 Å². The van der Waals surface area contributed by atoms with E-state index in [0.717, 1.165) is 25.9 Å². The Morgan fingerprint density at radius 2 is 1.61 bits per heavy atom. The summed E-state index contributed by atoms with van der Waals surface area (Å²) in [5.41, 5.74) is 0.338. The third-order valence-corrected chi connectivity index (χ3v) is 2.48. The minimum atomic E-state index is -0.170. The number of nitrogens with zero attached hydrogens (tertiary/aromatic N) is 1. The van der Waals surface area contributed by atoms with Gasteiger partial charge in [-0.05, 0) is 23.7 Å². The van der Waals surface area contributed by atoms with Crippen molar-refractivity contribution < 1.29 is 9.53 Å². The number of ether oxygens (including phenoxy) is 1. The van der Waals surface area contributed by atoms with Gasteiger partial charge in [-0.15, -0.1) is 0 Å². The predicted octanol–water partition coefficient (Wildman–Crippen LogP) is 4.32.